The molecule has 0 aliphatic rings. The molecular weight excluding hydrogens is 124 g/mol. The Hall–Kier alpha value is -1.18. The maximum atomic E-state index is 3.21. The number of aromatic nitrogens is 2. The largest absolute Gasteiger partial charge is 0.296 e. The molecule has 1 N–H and O–H groups in total. The van der Waals surface area contributed by atoms with Gasteiger partial charge in [-0.05, 0) is 19.1 Å². The van der Waals surface area contributed by atoms with Gasteiger partial charge in [-0.2, -0.15) is 0 Å². The SMILES string of the molecule is CCn1[nH]c2ccccc21. The van der Waals surface area contributed by atoms with Crippen molar-refractivity contribution in [1.82, 2.24) is 9.78 Å². The fourth-order valence-electron chi connectivity index (χ4n) is 1.21. The van der Waals surface area contributed by atoms with E-state index in [1.54, 1.807) is 0 Å². The van der Waals surface area contributed by atoms with Crippen molar-refractivity contribution < 1.29 is 0 Å². The minimum absolute atomic E-state index is 1.02. The maximum Gasteiger partial charge on any atom is 0.0821 e. The molecule has 10 heavy (non-hydrogen) atoms. The van der Waals surface area contributed by atoms with Crippen LogP contribution >= 0.6 is 0 Å². The van der Waals surface area contributed by atoms with Gasteiger partial charge in [0.2, 0.25) is 0 Å². The Bertz CT molecular complexity index is 330. The fraction of sp³-hybridized carbons (Fsp3) is 0.250. The van der Waals surface area contributed by atoms with Gasteiger partial charge >= 0.3 is 0 Å². The van der Waals surface area contributed by atoms with Gasteiger partial charge in [0, 0.05) is 6.54 Å². The predicted molar refractivity (Wildman–Crippen MR) is 42.0 cm³/mol. The van der Waals surface area contributed by atoms with Crippen LogP contribution in [-0.4, -0.2) is 9.78 Å². The first-order valence-corrected chi connectivity index (χ1v) is 3.55. The van der Waals surface area contributed by atoms with Crippen LogP contribution in [0.4, 0.5) is 0 Å². The van der Waals surface area contributed by atoms with Gasteiger partial charge < -0.3 is 0 Å². The normalized spacial score (nSPS) is 10.9. The number of hydrogen-bond acceptors (Lipinski definition) is 0. The summed E-state index contributed by atoms with van der Waals surface area (Å²) < 4.78 is 2.12. The summed E-state index contributed by atoms with van der Waals surface area (Å²) in [5.74, 6) is 0. The van der Waals surface area contributed by atoms with Crippen molar-refractivity contribution in [1.29, 1.82) is 0 Å². The lowest BCUT2D eigenvalue weighted by Gasteiger charge is -2.13. The van der Waals surface area contributed by atoms with Crippen LogP contribution in [0, 0.1) is 0 Å². The second-order valence-corrected chi connectivity index (χ2v) is 2.37. The molecule has 2 nitrogen and oxygen atoms in total. The van der Waals surface area contributed by atoms with Crippen molar-refractivity contribution in [2.24, 2.45) is 0 Å². The summed E-state index contributed by atoms with van der Waals surface area (Å²) in [5, 5.41) is 3.21. The van der Waals surface area contributed by atoms with Crippen LogP contribution < -0.4 is 0 Å². The Morgan fingerprint density at radius 1 is 1.40 bits per heavy atom. The van der Waals surface area contributed by atoms with Gasteiger partial charge in [0.15, 0.2) is 0 Å². The van der Waals surface area contributed by atoms with Crippen molar-refractivity contribution >= 4 is 11.0 Å². The molecule has 1 aromatic heterocycles. The minimum atomic E-state index is 1.02. The van der Waals surface area contributed by atoms with E-state index in [9.17, 15) is 0 Å². The van der Waals surface area contributed by atoms with E-state index in [-0.39, 0.29) is 0 Å². The summed E-state index contributed by atoms with van der Waals surface area (Å²) in [6.07, 6.45) is 0. The molecule has 0 saturated heterocycles. The topological polar surface area (TPSA) is 20.7 Å². The highest BCUT2D eigenvalue weighted by Gasteiger charge is 1.99. The van der Waals surface area contributed by atoms with Crippen LogP contribution in [-0.2, 0) is 6.54 Å². The van der Waals surface area contributed by atoms with E-state index in [2.05, 4.69) is 34.9 Å². The number of benzene rings is 1. The number of nitrogens with zero attached hydrogens (tertiary/aromatic N) is 1. The number of H-pyrrole nitrogens is 1. The first-order chi connectivity index (χ1) is 4.92. The van der Waals surface area contributed by atoms with E-state index in [4.69, 9.17) is 0 Å². The van der Waals surface area contributed by atoms with Crippen LogP contribution in [0.3, 0.4) is 0 Å². The molecule has 0 bridgehead atoms. The quantitative estimate of drug-likeness (QED) is 0.615. The van der Waals surface area contributed by atoms with Gasteiger partial charge in [-0.15, -0.1) is 0 Å². The van der Waals surface area contributed by atoms with E-state index in [1.807, 2.05) is 6.07 Å². The molecule has 2 heteroatoms. The van der Waals surface area contributed by atoms with Crippen molar-refractivity contribution in [2.45, 2.75) is 13.5 Å². The third-order valence-corrected chi connectivity index (χ3v) is 1.77. The summed E-state index contributed by atoms with van der Waals surface area (Å²) in [4.78, 5) is 0. The second kappa shape index (κ2) is 1.90. The zero-order valence-electron chi connectivity index (χ0n) is 5.96. The fourth-order valence-corrected chi connectivity index (χ4v) is 1.21. The van der Waals surface area contributed by atoms with Crippen LogP contribution in [0.2, 0.25) is 0 Å². The van der Waals surface area contributed by atoms with Crippen LogP contribution in [0.5, 0.6) is 0 Å². The number of rotatable bonds is 1. The number of nitrogens with one attached hydrogen (secondary N) is 1. The lowest BCUT2D eigenvalue weighted by Crippen LogP contribution is -2.07. The van der Waals surface area contributed by atoms with Gasteiger partial charge in [0.1, 0.15) is 0 Å². The number of aromatic amines is 1. The molecule has 1 heterocycles. The highest BCUT2D eigenvalue weighted by Crippen LogP contribution is 2.12. The van der Waals surface area contributed by atoms with Gasteiger partial charge in [-0.3, -0.25) is 9.78 Å². The lowest BCUT2D eigenvalue weighted by atomic mass is 10.3. The van der Waals surface area contributed by atoms with Crippen LogP contribution in [0.1, 0.15) is 6.92 Å². The molecule has 0 aliphatic carbocycles. The Balaban J connectivity index is 2.61. The summed E-state index contributed by atoms with van der Waals surface area (Å²) in [7, 11) is 0. The van der Waals surface area contributed by atoms with E-state index >= 15 is 0 Å². The lowest BCUT2D eigenvalue weighted by molar-refractivity contribution is 0.658. The third kappa shape index (κ3) is 0.588. The Kier molecular flexibility index (Phi) is 1.07. The van der Waals surface area contributed by atoms with Crippen LogP contribution in [0.15, 0.2) is 24.3 Å². The summed E-state index contributed by atoms with van der Waals surface area (Å²) in [6.45, 7) is 3.15. The predicted octanol–water partition coefficient (Wildman–Crippen LogP) is 1.99. The molecule has 2 aromatic rings. The Morgan fingerprint density at radius 2 is 2.20 bits per heavy atom. The molecule has 0 saturated carbocycles. The molecule has 0 radical (unpaired) electrons. The van der Waals surface area contributed by atoms with Crippen molar-refractivity contribution in [3.63, 3.8) is 0 Å². The Morgan fingerprint density at radius 3 is 2.90 bits per heavy atom. The number of fused-ring (bicyclic) bond motifs is 1. The molecule has 0 atom stereocenters. The summed E-state index contributed by atoms with van der Waals surface area (Å²) >= 11 is 0. The number of para-hydroxylation sites is 2. The molecular formula is C8H10N2. The zero-order valence-corrected chi connectivity index (χ0v) is 5.96. The average molecular weight is 134 g/mol. The molecule has 2 rings (SSSR count). The van der Waals surface area contributed by atoms with Gasteiger partial charge in [-0.1, -0.05) is 12.1 Å². The summed E-state index contributed by atoms with van der Waals surface area (Å²) in [5.41, 5.74) is 2.55. The van der Waals surface area contributed by atoms with Crippen molar-refractivity contribution in [3.8, 4) is 0 Å². The highest BCUT2D eigenvalue weighted by atomic mass is 15.3. The van der Waals surface area contributed by atoms with Gasteiger partial charge in [-0.25, -0.2) is 0 Å². The molecule has 0 amide bonds. The van der Waals surface area contributed by atoms with E-state index in [0.29, 0.717) is 0 Å². The third-order valence-electron chi connectivity index (χ3n) is 1.77. The van der Waals surface area contributed by atoms with Crippen molar-refractivity contribution in [3.05, 3.63) is 24.3 Å². The smallest absolute Gasteiger partial charge is 0.0821 e. The van der Waals surface area contributed by atoms with Crippen molar-refractivity contribution in [2.75, 3.05) is 0 Å². The molecule has 0 aliphatic heterocycles. The average Bonchev–Trinajstić information content (AvgIpc) is 1.92. The summed E-state index contributed by atoms with van der Waals surface area (Å²) in [6, 6.07) is 8.30. The van der Waals surface area contributed by atoms with Gasteiger partial charge in [0.25, 0.3) is 0 Å². The highest BCUT2D eigenvalue weighted by molar-refractivity contribution is 5.76. The van der Waals surface area contributed by atoms with Crippen LogP contribution in [0.25, 0.3) is 11.0 Å². The molecule has 52 valence electrons. The zero-order chi connectivity index (χ0) is 6.97. The first kappa shape index (κ1) is 5.59. The van der Waals surface area contributed by atoms with Gasteiger partial charge in [0.05, 0.1) is 11.0 Å². The second-order valence-electron chi connectivity index (χ2n) is 2.37. The Labute approximate surface area is 59.4 Å². The van der Waals surface area contributed by atoms with E-state index in [0.717, 1.165) is 6.54 Å². The number of hydrogen-bond donors (Lipinski definition) is 1. The first-order valence-electron chi connectivity index (χ1n) is 3.55. The maximum absolute atomic E-state index is 3.21. The molecule has 0 unspecified atom stereocenters. The molecule has 0 fully saturated rings. The van der Waals surface area contributed by atoms with E-state index in [1.165, 1.54) is 11.0 Å². The van der Waals surface area contributed by atoms with E-state index < -0.39 is 0 Å². The minimum Gasteiger partial charge on any atom is -0.296 e. The molecule has 1 aromatic carbocycles. The number of aryl methyl sites for hydroxylation is 1. The molecule has 0 spiro atoms. The standard InChI is InChI=1S/C8H10N2/c1-2-10-8-6-4-3-5-7(8)9-10/h3-6,9H,2H2,1H3. The monoisotopic (exact) mass is 134 g/mol.